The zero-order valence-corrected chi connectivity index (χ0v) is 18.9. The van der Waals surface area contributed by atoms with Gasteiger partial charge in [0.25, 0.3) is 0 Å². The van der Waals surface area contributed by atoms with E-state index in [1.807, 2.05) is 24.3 Å². The van der Waals surface area contributed by atoms with Crippen LogP contribution in [0.2, 0.25) is 0 Å². The molecular formula is C27H31NO4. The largest absolute Gasteiger partial charge is 0.487 e. The van der Waals surface area contributed by atoms with E-state index in [4.69, 9.17) is 14.2 Å². The van der Waals surface area contributed by atoms with Crippen LogP contribution in [-0.4, -0.2) is 56.7 Å². The van der Waals surface area contributed by atoms with Gasteiger partial charge in [0, 0.05) is 50.4 Å². The van der Waals surface area contributed by atoms with Crippen molar-refractivity contribution in [1.82, 2.24) is 4.90 Å². The topological polar surface area (TPSA) is 48.0 Å². The smallest absolute Gasteiger partial charge is 0.171 e. The molecule has 0 aromatic heterocycles. The van der Waals surface area contributed by atoms with Crippen molar-refractivity contribution in [1.29, 1.82) is 0 Å². The number of hydrogen-bond acceptors (Lipinski definition) is 5. The minimum atomic E-state index is 0.153. The Labute approximate surface area is 190 Å². The standard InChI is InChI=1S/C27H31NO4/c1-30-16-21-8-9-22(17-31-2)28(21)12-11-18-7-10-24-20(13-18)15-32-27(24)26-23-6-4-3-5-19(23)14-25(26)29/h3-7,10,13,21-22H,8-9,11-12,14-17H2,1-2H3/b27-26+/t21-,22-/m0/s1. The van der Waals surface area contributed by atoms with Crippen molar-refractivity contribution in [3.8, 4) is 0 Å². The summed E-state index contributed by atoms with van der Waals surface area (Å²) in [7, 11) is 3.56. The summed E-state index contributed by atoms with van der Waals surface area (Å²) in [5, 5.41) is 0. The molecule has 168 valence electrons. The van der Waals surface area contributed by atoms with Crippen LogP contribution in [0.5, 0.6) is 0 Å². The van der Waals surface area contributed by atoms with Gasteiger partial charge in [-0.05, 0) is 36.0 Å². The average molecular weight is 434 g/mol. The lowest BCUT2D eigenvalue weighted by Gasteiger charge is -2.29. The van der Waals surface area contributed by atoms with E-state index in [1.165, 1.54) is 11.1 Å². The first kappa shape index (κ1) is 21.4. The van der Waals surface area contributed by atoms with E-state index >= 15 is 0 Å². The molecule has 2 aromatic rings. The Kier molecular flexibility index (Phi) is 6.13. The molecule has 3 aliphatic rings. The van der Waals surface area contributed by atoms with Crippen molar-refractivity contribution in [2.24, 2.45) is 0 Å². The number of allylic oxidation sites excluding steroid dienone is 1. The molecule has 0 spiro atoms. The maximum Gasteiger partial charge on any atom is 0.171 e. The fourth-order valence-corrected chi connectivity index (χ4v) is 5.54. The van der Waals surface area contributed by atoms with Gasteiger partial charge in [0.1, 0.15) is 12.4 Å². The lowest BCUT2D eigenvalue weighted by atomic mass is 9.98. The van der Waals surface area contributed by atoms with E-state index < -0.39 is 0 Å². The second-order valence-electron chi connectivity index (χ2n) is 9.02. The fraction of sp³-hybridized carbons (Fsp3) is 0.444. The third-order valence-electron chi connectivity index (χ3n) is 7.08. The van der Waals surface area contributed by atoms with E-state index in [9.17, 15) is 4.79 Å². The molecule has 0 radical (unpaired) electrons. The number of methoxy groups -OCH3 is 2. The van der Waals surface area contributed by atoms with Crippen molar-refractivity contribution in [3.63, 3.8) is 0 Å². The summed E-state index contributed by atoms with van der Waals surface area (Å²) >= 11 is 0. The minimum Gasteiger partial charge on any atom is -0.487 e. The number of fused-ring (bicyclic) bond motifs is 2. The van der Waals surface area contributed by atoms with Crippen LogP contribution in [-0.2, 0) is 38.5 Å². The first-order valence-corrected chi connectivity index (χ1v) is 11.5. The van der Waals surface area contributed by atoms with E-state index in [1.54, 1.807) is 14.2 Å². The average Bonchev–Trinajstić information content (AvgIpc) is 3.47. The summed E-state index contributed by atoms with van der Waals surface area (Å²) in [4.78, 5) is 15.3. The van der Waals surface area contributed by atoms with Crippen molar-refractivity contribution < 1.29 is 19.0 Å². The Hall–Kier alpha value is -2.47. The Morgan fingerprint density at radius 1 is 0.969 bits per heavy atom. The summed E-state index contributed by atoms with van der Waals surface area (Å²) in [5.41, 5.74) is 6.39. The Morgan fingerprint density at radius 2 is 1.72 bits per heavy atom. The van der Waals surface area contributed by atoms with E-state index in [-0.39, 0.29) is 5.78 Å². The molecule has 0 bridgehead atoms. The molecule has 2 atom stereocenters. The Balaban J connectivity index is 1.35. The van der Waals surface area contributed by atoms with Crippen LogP contribution in [0, 0.1) is 0 Å². The molecule has 5 heteroatoms. The Morgan fingerprint density at radius 3 is 2.47 bits per heavy atom. The molecule has 2 aromatic carbocycles. The van der Waals surface area contributed by atoms with Crippen LogP contribution < -0.4 is 0 Å². The molecule has 0 amide bonds. The highest BCUT2D eigenvalue weighted by Crippen LogP contribution is 2.41. The van der Waals surface area contributed by atoms with E-state index in [2.05, 4.69) is 23.1 Å². The molecule has 0 unspecified atom stereocenters. The molecule has 0 saturated carbocycles. The maximum absolute atomic E-state index is 12.7. The maximum atomic E-state index is 12.7. The van der Waals surface area contributed by atoms with Crippen molar-refractivity contribution in [3.05, 3.63) is 70.3 Å². The number of ether oxygens (including phenoxy) is 3. The number of rotatable bonds is 7. The quantitative estimate of drug-likeness (QED) is 0.621. The van der Waals surface area contributed by atoms with Crippen molar-refractivity contribution in [2.45, 2.75) is 44.4 Å². The molecule has 32 heavy (non-hydrogen) atoms. The number of likely N-dealkylation sites (tertiary alicyclic amines) is 1. The normalized spacial score (nSPS) is 24.6. The summed E-state index contributed by atoms with van der Waals surface area (Å²) in [5.74, 6) is 0.905. The van der Waals surface area contributed by atoms with Crippen LogP contribution in [0.25, 0.3) is 11.3 Å². The first-order chi connectivity index (χ1) is 15.7. The monoisotopic (exact) mass is 433 g/mol. The molecule has 1 saturated heterocycles. The van der Waals surface area contributed by atoms with Crippen molar-refractivity contribution >= 4 is 17.1 Å². The van der Waals surface area contributed by atoms with Crippen LogP contribution in [0.4, 0.5) is 0 Å². The second-order valence-corrected chi connectivity index (χ2v) is 9.02. The van der Waals surface area contributed by atoms with Gasteiger partial charge < -0.3 is 14.2 Å². The third kappa shape index (κ3) is 3.90. The van der Waals surface area contributed by atoms with Gasteiger partial charge in [0.05, 0.1) is 18.8 Å². The number of carbonyl (C=O) groups excluding carboxylic acids is 1. The molecule has 2 aliphatic heterocycles. The number of benzene rings is 2. The number of Topliss-reactive ketones (excluding diaryl/α,β-unsaturated/α-hetero) is 1. The zero-order chi connectivity index (χ0) is 22.1. The fourth-order valence-electron chi connectivity index (χ4n) is 5.54. The van der Waals surface area contributed by atoms with Gasteiger partial charge in [0.15, 0.2) is 5.78 Å². The SMILES string of the molecule is COC[C@@H]1CC[C@@H](COC)N1CCc1ccc2c(c1)CO/C2=C1/C(=O)Cc2ccccc21. The zero-order valence-electron chi connectivity index (χ0n) is 18.9. The van der Waals surface area contributed by atoms with Crippen molar-refractivity contribution in [2.75, 3.05) is 34.0 Å². The van der Waals surface area contributed by atoms with E-state index in [0.717, 1.165) is 67.0 Å². The molecule has 2 heterocycles. The second kappa shape index (κ2) is 9.18. The lowest BCUT2D eigenvalue weighted by molar-refractivity contribution is -0.112. The number of ketones is 1. The predicted molar refractivity (Wildman–Crippen MR) is 124 cm³/mol. The number of carbonyl (C=O) groups is 1. The van der Waals surface area contributed by atoms with Crippen LogP contribution in [0.15, 0.2) is 42.5 Å². The molecule has 1 aliphatic carbocycles. The molecular weight excluding hydrogens is 402 g/mol. The molecule has 5 nitrogen and oxygen atoms in total. The Bertz CT molecular complexity index is 1030. The minimum absolute atomic E-state index is 0.153. The highest BCUT2D eigenvalue weighted by atomic mass is 16.5. The lowest BCUT2D eigenvalue weighted by Crippen LogP contribution is -2.41. The van der Waals surface area contributed by atoms with Gasteiger partial charge in [-0.15, -0.1) is 0 Å². The van der Waals surface area contributed by atoms with Gasteiger partial charge in [-0.2, -0.15) is 0 Å². The van der Waals surface area contributed by atoms with Gasteiger partial charge in [-0.3, -0.25) is 9.69 Å². The molecule has 1 fully saturated rings. The summed E-state index contributed by atoms with van der Waals surface area (Å²) in [6, 6.07) is 15.5. The predicted octanol–water partition coefficient (Wildman–Crippen LogP) is 3.88. The third-order valence-corrected chi connectivity index (χ3v) is 7.08. The summed E-state index contributed by atoms with van der Waals surface area (Å²) < 4.78 is 17.0. The van der Waals surface area contributed by atoms with Gasteiger partial charge in [-0.25, -0.2) is 0 Å². The van der Waals surface area contributed by atoms with Gasteiger partial charge in [-0.1, -0.05) is 42.5 Å². The molecule has 5 rings (SSSR count). The van der Waals surface area contributed by atoms with Crippen LogP contribution in [0.3, 0.4) is 0 Å². The van der Waals surface area contributed by atoms with E-state index in [0.29, 0.717) is 25.1 Å². The summed E-state index contributed by atoms with van der Waals surface area (Å²) in [6.07, 6.45) is 3.76. The van der Waals surface area contributed by atoms with Crippen LogP contribution >= 0.6 is 0 Å². The highest BCUT2D eigenvalue weighted by molar-refractivity contribution is 6.31. The highest BCUT2D eigenvalue weighted by Gasteiger charge is 2.34. The molecule has 0 N–H and O–H groups in total. The van der Waals surface area contributed by atoms with Crippen LogP contribution in [0.1, 0.15) is 40.7 Å². The first-order valence-electron chi connectivity index (χ1n) is 11.5. The van der Waals surface area contributed by atoms with Gasteiger partial charge >= 0.3 is 0 Å². The summed E-state index contributed by atoms with van der Waals surface area (Å²) in [6.45, 7) is 3.05. The number of nitrogens with zero attached hydrogens (tertiary/aromatic N) is 1. The van der Waals surface area contributed by atoms with Gasteiger partial charge in [0.2, 0.25) is 0 Å². The number of hydrogen-bond donors (Lipinski definition) is 0.